The summed E-state index contributed by atoms with van der Waals surface area (Å²) in [6, 6.07) is 10.7. The predicted molar refractivity (Wildman–Crippen MR) is 110 cm³/mol. The van der Waals surface area contributed by atoms with Crippen LogP contribution in [0.4, 0.5) is 5.69 Å². The molecule has 0 unspecified atom stereocenters. The fraction of sp³-hybridized carbons (Fsp3) is 0.111. The Morgan fingerprint density at radius 2 is 2.15 bits per heavy atom. The minimum Gasteiger partial charge on any atom is -0.324 e. The molecule has 0 atom stereocenters. The maximum atomic E-state index is 12.8. The molecule has 4 aromatic rings. The molecule has 4 rings (SSSR count). The number of aromatic nitrogens is 3. The Morgan fingerprint density at radius 1 is 1.30 bits per heavy atom. The number of nitrogens with one attached hydrogen (secondary N) is 1. The van der Waals surface area contributed by atoms with E-state index in [0.29, 0.717) is 21.9 Å². The van der Waals surface area contributed by atoms with Gasteiger partial charge in [-0.2, -0.15) is 5.10 Å². The monoisotopic (exact) mass is 416 g/mol. The van der Waals surface area contributed by atoms with Gasteiger partial charge in [0.25, 0.3) is 5.56 Å². The van der Waals surface area contributed by atoms with Crippen LogP contribution in [-0.4, -0.2) is 20.7 Å². The van der Waals surface area contributed by atoms with Crippen molar-refractivity contribution >= 4 is 56.1 Å². The predicted octanol–water partition coefficient (Wildman–Crippen LogP) is 4.18. The van der Waals surface area contributed by atoms with Gasteiger partial charge in [0.2, 0.25) is 5.91 Å². The molecular formula is C18H13ClN4O2S2. The first-order valence-corrected chi connectivity index (χ1v) is 10.1. The maximum Gasteiger partial charge on any atom is 0.294 e. The van der Waals surface area contributed by atoms with Gasteiger partial charge in [-0.05, 0) is 36.6 Å². The van der Waals surface area contributed by atoms with Gasteiger partial charge in [0.1, 0.15) is 12.2 Å². The minimum absolute atomic E-state index is 0.212. The van der Waals surface area contributed by atoms with Crippen LogP contribution in [0.15, 0.2) is 46.6 Å². The fourth-order valence-corrected chi connectivity index (χ4v) is 4.53. The Balaban J connectivity index is 1.72. The lowest BCUT2D eigenvalue weighted by atomic mass is 10.3. The molecule has 6 nitrogen and oxygen atoms in total. The van der Waals surface area contributed by atoms with Crippen LogP contribution in [0.1, 0.15) is 5.01 Å². The van der Waals surface area contributed by atoms with Crippen molar-refractivity contribution in [3.05, 3.63) is 62.2 Å². The van der Waals surface area contributed by atoms with Crippen molar-refractivity contribution < 1.29 is 4.79 Å². The number of halogens is 1. The van der Waals surface area contributed by atoms with Crippen LogP contribution < -0.4 is 10.9 Å². The molecule has 0 aliphatic rings. The molecular weight excluding hydrogens is 404 g/mol. The summed E-state index contributed by atoms with van der Waals surface area (Å²) in [5.41, 5.74) is 1.19. The van der Waals surface area contributed by atoms with E-state index >= 15 is 0 Å². The van der Waals surface area contributed by atoms with Crippen LogP contribution in [0.5, 0.6) is 0 Å². The molecule has 0 bridgehead atoms. The molecule has 0 radical (unpaired) electrons. The smallest absolute Gasteiger partial charge is 0.294 e. The van der Waals surface area contributed by atoms with Crippen LogP contribution in [0.3, 0.4) is 0 Å². The Morgan fingerprint density at radius 3 is 2.89 bits per heavy atom. The number of thiazole rings is 1. The van der Waals surface area contributed by atoms with Crippen molar-refractivity contribution in [3.63, 3.8) is 0 Å². The highest BCUT2D eigenvalue weighted by Gasteiger charge is 2.18. The number of rotatable bonds is 4. The van der Waals surface area contributed by atoms with Gasteiger partial charge < -0.3 is 5.32 Å². The summed E-state index contributed by atoms with van der Waals surface area (Å²) >= 11 is 8.89. The van der Waals surface area contributed by atoms with Gasteiger partial charge in [-0.15, -0.1) is 22.7 Å². The first-order chi connectivity index (χ1) is 13.0. The number of anilines is 1. The van der Waals surface area contributed by atoms with Gasteiger partial charge in [-0.25, -0.2) is 9.67 Å². The minimum atomic E-state index is -0.379. The number of aryl methyl sites for hydroxylation is 1. The number of carbonyl (C=O) groups is 1. The lowest BCUT2D eigenvalue weighted by molar-refractivity contribution is -0.117. The van der Waals surface area contributed by atoms with Crippen molar-refractivity contribution in [3.8, 4) is 10.6 Å². The molecule has 0 saturated carbocycles. The summed E-state index contributed by atoms with van der Waals surface area (Å²) < 4.78 is 1.91. The standard InChI is InChI=1S/C18H13ClN4O2S2/c1-10-20-16-17(27-10)15(13-6-3-7-26-13)22-23(18(16)25)9-14(24)21-12-5-2-4-11(19)8-12/h2-8H,9H2,1H3,(H,21,24). The number of hydrogen-bond acceptors (Lipinski definition) is 6. The van der Waals surface area contributed by atoms with E-state index in [-0.39, 0.29) is 18.0 Å². The van der Waals surface area contributed by atoms with E-state index in [0.717, 1.165) is 19.3 Å². The van der Waals surface area contributed by atoms with E-state index < -0.39 is 0 Å². The van der Waals surface area contributed by atoms with Crippen LogP contribution >= 0.6 is 34.3 Å². The topological polar surface area (TPSA) is 76.9 Å². The summed E-state index contributed by atoms with van der Waals surface area (Å²) in [7, 11) is 0. The van der Waals surface area contributed by atoms with Crippen molar-refractivity contribution in [2.75, 3.05) is 5.32 Å². The lowest BCUT2D eigenvalue weighted by Gasteiger charge is -2.09. The van der Waals surface area contributed by atoms with Gasteiger partial charge in [-0.3, -0.25) is 9.59 Å². The summed E-state index contributed by atoms with van der Waals surface area (Å²) in [5.74, 6) is -0.365. The first-order valence-electron chi connectivity index (χ1n) is 7.99. The molecule has 0 spiro atoms. The van der Waals surface area contributed by atoms with Crippen molar-refractivity contribution in [1.82, 2.24) is 14.8 Å². The summed E-state index contributed by atoms with van der Waals surface area (Å²) in [6.07, 6.45) is 0. The normalized spacial score (nSPS) is 11.0. The van der Waals surface area contributed by atoms with E-state index in [1.54, 1.807) is 24.3 Å². The Kier molecular flexibility index (Phi) is 4.77. The van der Waals surface area contributed by atoms with Gasteiger partial charge in [0.05, 0.1) is 14.6 Å². The van der Waals surface area contributed by atoms with E-state index in [2.05, 4.69) is 15.4 Å². The highest BCUT2D eigenvalue weighted by atomic mass is 35.5. The van der Waals surface area contributed by atoms with Gasteiger partial charge in [0, 0.05) is 10.7 Å². The highest BCUT2D eigenvalue weighted by Crippen LogP contribution is 2.31. The second kappa shape index (κ2) is 7.22. The zero-order valence-corrected chi connectivity index (χ0v) is 16.5. The summed E-state index contributed by atoms with van der Waals surface area (Å²) in [5, 5.41) is 10.4. The van der Waals surface area contributed by atoms with Crippen LogP contribution in [0, 0.1) is 6.92 Å². The lowest BCUT2D eigenvalue weighted by Crippen LogP contribution is -2.30. The van der Waals surface area contributed by atoms with E-state index in [9.17, 15) is 9.59 Å². The molecule has 1 N–H and O–H groups in total. The number of benzene rings is 1. The Hall–Kier alpha value is -2.55. The number of thiophene rings is 1. The zero-order valence-electron chi connectivity index (χ0n) is 14.1. The average Bonchev–Trinajstić information content (AvgIpc) is 3.27. The third-order valence-corrected chi connectivity index (χ3v) is 5.85. The van der Waals surface area contributed by atoms with Gasteiger partial charge in [-0.1, -0.05) is 23.7 Å². The van der Waals surface area contributed by atoms with Crippen molar-refractivity contribution in [2.45, 2.75) is 13.5 Å². The maximum absolute atomic E-state index is 12.8. The number of carbonyl (C=O) groups excluding carboxylic acids is 1. The number of fused-ring (bicyclic) bond motifs is 1. The van der Waals surface area contributed by atoms with Gasteiger partial charge in [0.15, 0.2) is 5.52 Å². The van der Waals surface area contributed by atoms with E-state index in [1.165, 1.54) is 22.7 Å². The largest absolute Gasteiger partial charge is 0.324 e. The third-order valence-electron chi connectivity index (χ3n) is 3.76. The van der Waals surface area contributed by atoms with Crippen LogP contribution in [-0.2, 0) is 11.3 Å². The fourth-order valence-electron chi connectivity index (χ4n) is 2.65. The van der Waals surface area contributed by atoms with Crippen molar-refractivity contribution in [2.24, 2.45) is 0 Å². The quantitative estimate of drug-likeness (QED) is 0.541. The number of nitrogens with zero attached hydrogens (tertiary/aromatic N) is 3. The molecule has 1 amide bonds. The Labute approximate surface area is 167 Å². The molecule has 136 valence electrons. The third kappa shape index (κ3) is 3.64. The molecule has 0 saturated heterocycles. The number of amides is 1. The molecule has 9 heteroatoms. The first kappa shape index (κ1) is 17.8. The molecule has 27 heavy (non-hydrogen) atoms. The van der Waals surface area contributed by atoms with E-state index in [1.807, 2.05) is 24.4 Å². The Bertz CT molecular complexity index is 1200. The zero-order chi connectivity index (χ0) is 19.0. The molecule has 0 fully saturated rings. The second-order valence-corrected chi connectivity index (χ2v) is 8.35. The molecule has 0 aliphatic carbocycles. The average molecular weight is 417 g/mol. The van der Waals surface area contributed by atoms with Crippen LogP contribution in [0.2, 0.25) is 5.02 Å². The molecule has 0 aliphatic heterocycles. The molecule has 3 aromatic heterocycles. The number of hydrogen-bond donors (Lipinski definition) is 1. The second-order valence-electron chi connectivity index (χ2n) is 5.76. The van der Waals surface area contributed by atoms with Gasteiger partial charge >= 0.3 is 0 Å². The van der Waals surface area contributed by atoms with E-state index in [4.69, 9.17) is 11.6 Å². The summed E-state index contributed by atoms with van der Waals surface area (Å²) in [4.78, 5) is 30.4. The van der Waals surface area contributed by atoms with Crippen LogP contribution in [0.25, 0.3) is 20.8 Å². The highest BCUT2D eigenvalue weighted by molar-refractivity contribution is 7.20. The SMILES string of the molecule is Cc1nc2c(=O)n(CC(=O)Nc3cccc(Cl)c3)nc(-c3cccs3)c2s1. The summed E-state index contributed by atoms with van der Waals surface area (Å²) in [6.45, 7) is 1.63. The van der Waals surface area contributed by atoms with Crippen molar-refractivity contribution in [1.29, 1.82) is 0 Å². The molecule has 3 heterocycles. The molecule has 1 aromatic carbocycles.